The minimum atomic E-state index is -0.921. The number of phenolic OH excluding ortho intramolecular Hbond substituents is 1. The zero-order valence-corrected chi connectivity index (χ0v) is 16.5. The molecule has 2 fully saturated rings. The predicted molar refractivity (Wildman–Crippen MR) is 103 cm³/mol. The molecular weight excluding hydrogens is 378 g/mol. The third kappa shape index (κ3) is 3.90. The molecule has 4 amide bonds. The average molecular weight is 403 g/mol. The van der Waals surface area contributed by atoms with Crippen LogP contribution in [0.15, 0.2) is 18.2 Å². The van der Waals surface area contributed by atoms with E-state index in [0.29, 0.717) is 18.8 Å². The summed E-state index contributed by atoms with van der Waals surface area (Å²) in [6.45, 7) is 1.63. The number of anilines is 1. The molecule has 1 aromatic rings. The molecule has 9 nitrogen and oxygen atoms in total. The minimum absolute atomic E-state index is 0.0110. The van der Waals surface area contributed by atoms with E-state index in [1.54, 1.807) is 0 Å². The van der Waals surface area contributed by atoms with Gasteiger partial charge in [-0.2, -0.15) is 0 Å². The lowest BCUT2D eigenvalue weighted by molar-refractivity contribution is -0.135. The van der Waals surface area contributed by atoms with E-state index in [-0.39, 0.29) is 17.2 Å². The Hall–Kier alpha value is -3.10. The number of carbonyl (C=O) groups excluding carboxylic acids is 4. The molecule has 0 radical (unpaired) electrons. The van der Waals surface area contributed by atoms with E-state index in [0.717, 1.165) is 24.2 Å². The zero-order valence-electron chi connectivity index (χ0n) is 16.5. The SMILES string of the molecule is CCC1CCC2(CC1)NC(=O)N(CC(=O)Nc1cccc(C(=O)OC)c1O)C2=O. The molecule has 0 bridgehead atoms. The number of imide groups is 1. The van der Waals surface area contributed by atoms with Crippen LogP contribution in [0.3, 0.4) is 0 Å². The lowest BCUT2D eigenvalue weighted by Gasteiger charge is -2.34. The van der Waals surface area contributed by atoms with Crippen molar-refractivity contribution >= 4 is 29.5 Å². The number of urea groups is 1. The number of nitrogens with zero attached hydrogens (tertiary/aromatic N) is 1. The number of nitrogens with one attached hydrogen (secondary N) is 2. The highest BCUT2D eigenvalue weighted by atomic mass is 16.5. The highest BCUT2D eigenvalue weighted by Gasteiger charge is 2.52. The number of phenols is 1. The second kappa shape index (κ2) is 8.10. The van der Waals surface area contributed by atoms with Crippen molar-refractivity contribution in [3.05, 3.63) is 23.8 Å². The monoisotopic (exact) mass is 403 g/mol. The summed E-state index contributed by atoms with van der Waals surface area (Å²) in [6, 6.07) is 3.63. The van der Waals surface area contributed by atoms with Crippen molar-refractivity contribution in [1.29, 1.82) is 0 Å². The number of rotatable bonds is 5. The van der Waals surface area contributed by atoms with Crippen molar-refractivity contribution in [1.82, 2.24) is 10.2 Å². The Kier molecular flexibility index (Phi) is 5.76. The lowest BCUT2D eigenvalue weighted by atomic mass is 9.75. The Bertz CT molecular complexity index is 845. The van der Waals surface area contributed by atoms with Gasteiger partial charge in [-0.25, -0.2) is 9.59 Å². The summed E-state index contributed by atoms with van der Waals surface area (Å²) < 4.78 is 4.57. The number of benzene rings is 1. The van der Waals surface area contributed by atoms with E-state index < -0.39 is 35.7 Å². The molecule has 1 heterocycles. The van der Waals surface area contributed by atoms with Gasteiger partial charge in [-0.3, -0.25) is 14.5 Å². The summed E-state index contributed by atoms with van der Waals surface area (Å²) >= 11 is 0. The molecule has 29 heavy (non-hydrogen) atoms. The van der Waals surface area contributed by atoms with E-state index in [9.17, 15) is 24.3 Å². The molecule has 1 saturated carbocycles. The first-order chi connectivity index (χ1) is 13.8. The van der Waals surface area contributed by atoms with Gasteiger partial charge in [-0.15, -0.1) is 0 Å². The largest absolute Gasteiger partial charge is 0.505 e. The number of carbonyl (C=O) groups is 4. The van der Waals surface area contributed by atoms with Crippen molar-refractivity contribution in [2.45, 2.75) is 44.6 Å². The number of esters is 1. The first-order valence-corrected chi connectivity index (χ1v) is 9.65. The molecule has 1 saturated heterocycles. The molecule has 2 aliphatic rings. The summed E-state index contributed by atoms with van der Waals surface area (Å²) in [4.78, 5) is 50.2. The van der Waals surface area contributed by atoms with Gasteiger partial charge in [0.25, 0.3) is 5.91 Å². The van der Waals surface area contributed by atoms with Crippen LogP contribution in [-0.4, -0.2) is 53.0 Å². The van der Waals surface area contributed by atoms with Gasteiger partial charge in [0, 0.05) is 0 Å². The fraction of sp³-hybridized carbons (Fsp3) is 0.500. The fourth-order valence-electron chi connectivity index (χ4n) is 3.99. The minimum Gasteiger partial charge on any atom is -0.505 e. The number of methoxy groups -OCH3 is 1. The molecule has 3 N–H and O–H groups in total. The smallest absolute Gasteiger partial charge is 0.341 e. The summed E-state index contributed by atoms with van der Waals surface area (Å²) in [5.74, 6) is -1.70. The Labute approximate surface area is 168 Å². The predicted octanol–water partition coefficient (Wildman–Crippen LogP) is 2.01. The van der Waals surface area contributed by atoms with E-state index in [1.165, 1.54) is 25.3 Å². The van der Waals surface area contributed by atoms with Crippen molar-refractivity contribution in [3.63, 3.8) is 0 Å². The van der Waals surface area contributed by atoms with Gasteiger partial charge in [0.15, 0.2) is 5.75 Å². The van der Waals surface area contributed by atoms with Gasteiger partial charge in [-0.05, 0) is 43.7 Å². The topological polar surface area (TPSA) is 125 Å². The molecule has 0 aromatic heterocycles. The molecule has 1 aliphatic heterocycles. The van der Waals surface area contributed by atoms with Gasteiger partial charge >= 0.3 is 12.0 Å². The first-order valence-electron chi connectivity index (χ1n) is 9.65. The van der Waals surface area contributed by atoms with E-state index in [2.05, 4.69) is 22.3 Å². The molecule has 1 aliphatic carbocycles. The normalized spacial score (nSPS) is 23.8. The number of para-hydroxylation sites is 1. The zero-order chi connectivity index (χ0) is 21.2. The fourth-order valence-corrected chi connectivity index (χ4v) is 3.99. The van der Waals surface area contributed by atoms with Crippen molar-refractivity contribution in [3.8, 4) is 5.75 Å². The first kappa shape index (κ1) is 20.6. The molecule has 0 unspecified atom stereocenters. The maximum Gasteiger partial charge on any atom is 0.341 e. The molecule has 1 spiro atoms. The third-order valence-corrected chi connectivity index (χ3v) is 5.80. The van der Waals surface area contributed by atoms with Crippen LogP contribution in [0.1, 0.15) is 49.4 Å². The van der Waals surface area contributed by atoms with Gasteiger partial charge in [-0.1, -0.05) is 19.4 Å². The summed E-state index contributed by atoms with van der Waals surface area (Å²) in [7, 11) is 1.18. The second-order valence-corrected chi connectivity index (χ2v) is 7.50. The summed E-state index contributed by atoms with van der Waals surface area (Å²) in [5.41, 5.74) is -1.04. The standard InChI is InChI=1S/C20H25N3O6/c1-3-12-7-9-20(10-8-12)18(27)23(19(28)22-20)11-15(24)21-14-6-4-5-13(16(14)25)17(26)29-2/h4-6,12,25H,3,7-11H2,1-2H3,(H,21,24)(H,22,28). The highest BCUT2D eigenvalue weighted by Crippen LogP contribution is 2.37. The molecule has 156 valence electrons. The number of hydrogen-bond acceptors (Lipinski definition) is 6. The maximum atomic E-state index is 12.9. The van der Waals surface area contributed by atoms with E-state index in [1.807, 2.05) is 0 Å². The van der Waals surface area contributed by atoms with Crippen molar-refractivity contribution < 1.29 is 29.0 Å². The number of amides is 4. The van der Waals surface area contributed by atoms with Crippen LogP contribution in [0.4, 0.5) is 10.5 Å². The van der Waals surface area contributed by atoms with E-state index in [4.69, 9.17) is 0 Å². The second-order valence-electron chi connectivity index (χ2n) is 7.50. The molecular formula is C20H25N3O6. The van der Waals surface area contributed by atoms with Gasteiger partial charge in [0.05, 0.1) is 12.8 Å². The third-order valence-electron chi connectivity index (χ3n) is 5.80. The highest BCUT2D eigenvalue weighted by molar-refractivity contribution is 6.10. The molecule has 1 aromatic carbocycles. The number of ether oxygens (including phenoxy) is 1. The van der Waals surface area contributed by atoms with Crippen LogP contribution in [0.5, 0.6) is 5.75 Å². The Morgan fingerprint density at radius 3 is 2.62 bits per heavy atom. The Balaban J connectivity index is 1.68. The van der Waals surface area contributed by atoms with Crippen LogP contribution in [-0.2, 0) is 14.3 Å². The average Bonchev–Trinajstić information content (AvgIpc) is 2.93. The lowest BCUT2D eigenvalue weighted by Crippen LogP contribution is -2.49. The maximum absolute atomic E-state index is 12.9. The molecule has 3 rings (SSSR count). The van der Waals surface area contributed by atoms with E-state index >= 15 is 0 Å². The van der Waals surface area contributed by atoms with Crippen LogP contribution < -0.4 is 10.6 Å². The number of aromatic hydroxyl groups is 1. The van der Waals surface area contributed by atoms with Crippen LogP contribution in [0.25, 0.3) is 0 Å². The summed E-state index contributed by atoms with van der Waals surface area (Å²) in [6.07, 6.45) is 3.89. The van der Waals surface area contributed by atoms with Crippen LogP contribution >= 0.6 is 0 Å². The van der Waals surface area contributed by atoms with Crippen molar-refractivity contribution in [2.75, 3.05) is 19.0 Å². The summed E-state index contributed by atoms with van der Waals surface area (Å²) in [5, 5.41) is 15.4. The Morgan fingerprint density at radius 2 is 2.00 bits per heavy atom. The van der Waals surface area contributed by atoms with Gasteiger partial charge < -0.3 is 20.5 Å². The molecule has 0 atom stereocenters. The van der Waals surface area contributed by atoms with Gasteiger partial charge in [0.1, 0.15) is 17.6 Å². The quantitative estimate of drug-likeness (QED) is 0.392. The van der Waals surface area contributed by atoms with Crippen molar-refractivity contribution in [2.24, 2.45) is 5.92 Å². The van der Waals surface area contributed by atoms with Crippen LogP contribution in [0.2, 0.25) is 0 Å². The van der Waals surface area contributed by atoms with Crippen LogP contribution in [0, 0.1) is 5.92 Å². The van der Waals surface area contributed by atoms with Gasteiger partial charge in [0.2, 0.25) is 5.91 Å². The Morgan fingerprint density at radius 1 is 1.31 bits per heavy atom. The number of hydrogen-bond donors (Lipinski definition) is 3. The molecule has 9 heteroatoms.